The minimum Gasteiger partial charge on any atom is -0.481 e. The second-order valence-corrected chi connectivity index (χ2v) is 6.34. The molecule has 0 radical (unpaired) electrons. The van der Waals surface area contributed by atoms with Gasteiger partial charge in [0.2, 0.25) is 6.79 Å². The van der Waals surface area contributed by atoms with E-state index in [2.05, 4.69) is 15.9 Å². The summed E-state index contributed by atoms with van der Waals surface area (Å²) < 4.78 is 11.7. The SMILES string of the molecule is Cc1c(Br)c(C2(C(=O)O)CCCCC2)cc2c1OCO2. The number of benzene rings is 1. The minimum absolute atomic E-state index is 0.201. The molecule has 0 unspecified atom stereocenters. The predicted octanol–water partition coefficient (Wildman–Crippen LogP) is 3.77. The molecular weight excluding hydrogens is 324 g/mol. The molecule has 0 amide bonds. The van der Waals surface area contributed by atoms with E-state index in [4.69, 9.17) is 9.47 Å². The average Bonchev–Trinajstić information content (AvgIpc) is 2.92. The van der Waals surface area contributed by atoms with Crippen molar-refractivity contribution in [3.63, 3.8) is 0 Å². The molecule has 4 nitrogen and oxygen atoms in total. The molecule has 108 valence electrons. The average molecular weight is 341 g/mol. The number of carboxylic acids is 1. The van der Waals surface area contributed by atoms with Gasteiger partial charge in [-0.05, 0) is 31.4 Å². The first-order chi connectivity index (χ1) is 9.56. The number of halogens is 1. The van der Waals surface area contributed by atoms with Gasteiger partial charge in [-0.3, -0.25) is 4.79 Å². The smallest absolute Gasteiger partial charge is 0.314 e. The van der Waals surface area contributed by atoms with Crippen LogP contribution in [0.1, 0.15) is 43.2 Å². The van der Waals surface area contributed by atoms with Gasteiger partial charge >= 0.3 is 5.97 Å². The minimum atomic E-state index is -0.803. The summed E-state index contributed by atoms with van der Waals surface area (Å²) in [5.41, 5.74) is 0.940. The molecule has 2 aliphatic rings. The number of aliphatic carboxylic acids is 1. The third-order valence-electron chi connectivity index (χ3n) is 4.46. The standard InChI is InChI=1S/C15H17BrO4/c1-9-12(16)10(7-11-13(9)20-8-19-11)15(14(17)18)5-3-2-4-6-15/h7H,2-6,8H2,1H3,(H,17,18). The van der Waals surface area contributed by atoms with Crippen molar-refractivity contribution in [1.29, 1.82) is 0 Å². The molecule has 3 rings (SSSR count). The second kappa shape index (κ2) is 4.95. The highest BCUT2D eigenvalue weighted by Gasteiger charge is 2.44. The maximum absolute atomic E-state index is 11.9. The van der Waals surface area contributed by atoms with E-state index in [9.17, 15) is 9.90 Å². The van der Waals surface area contributed by atoms with Gasteiger partial charge in [0.1, 0.15) is 0 Å². The Hall–Kier alpha value is -1.23. The Morgan fingerprint density at radius 1 is 1.30 bits per heavy atom. The van der Waals surface area contributed by atoms with Gasteiger partial charge in [0.15, 0.2) is 11.5 Å². The van der Waals surface area contributed by atoms with Crippen LogP contribution in [0, 0.1) is 6.92 Å². The number of hydrogen-bond donors (Lipinski definition) is 1. The van der Waals surface area contributed by atoms with E-state index in [-0.39, 0.29) is 6.79 Å². The fourth-order valence-corrected chi connectivity index (χ4v) is 3.96. The van der Waals surface area contributed by atoms with Crippen molar-refractivity contribution in [3.05, 3.63) is 21.7 Å². The molecule has 1 fully saturated rings. The monoisotopic (exact) mass is 340 g/mol. The lowest BCUT2D eigenvalue weighted by Gasteiger charge is -2.34. The first-order valence-electron chi connectivity index (χ1n) is 6.89. The summed E-state index contributed by atoms with van der Waals surface area (Å²) >= 11 is 3.57. The van der Waals surface area contributed by atoms with Crippen LogP contribution >= 0.6 is 15.9 Å². The van der Waals surface area contributed by atoms with Crippen molar-refractivity contribution in [3.8, 4) is 11.5 Å². The van der Waals surface area contributed by atoms with E-state index in [0.717, 1.165) is 40.6 Å². The zero-order chi connectivity index (χ0) is 14.3. The van der Waals surface area contributed by atoms with Crippen molar-refractivity contribution in [2.45, 2.75) is 44.4 Å². The van der Waals surface area contributed by atoms with Crippen molar-refractivity contribution >= 4 is 21.9 Å². The summed E-state index contributed by atoms with van der Waals surface area (Å²) in [5.74, 6) is 0.639. The third-order valence-corrected chi connectivity index (χ3v) is 5.48. The van der Waals surface area contributed by atoms with Crippen molar-refractivity contribution in [2.75, 3.05) is 6.79 Å². The van der Waals surface area contributed by atoms with E-state index >= 15 is 0 Å². The first-order valence-corrected chi connectivity index (χ1v) is 7.68. The summed E-state index contributed by atoms with van der Waals surface area (Å²) in [4.78, 5) is 11.9. The molecule has 1 saturated carbocycles. The summed E-state index contributed by atoms with van der Waals surface area (Å²) in [7, 11) is 0. The lowest BCUT2D eigenvalue weighted by Crippen LogP contribution is -2.38. The van der Waals surface area contributed by atoms with E-state index < -0.39 is 11.4 Å². The van der Waals surface area contributed by atoms with E-state index in [1.54, 1.807) is 0 Å². The van der Waals surface area contributed by atoms with Gasteiger partial charge in [-0.25, -0.2) is 0 Å². The zero-order valence-corrected chi connectivity index (χ0v) is 13.0. The van der Waals surface area contributed by atoms with Crippen LogP contribution in [-0.2, 0) is 10.2 Å². The van der Waals surface area contributed by atoms with Gasteiger partial charge in [0.25, 0.3) is 0 Å². The lowest BCUT2D eigenvalue weighted by atomic mass is 9.69. The van der Waals surface area contributed by atoms with Crippen LogP contribution in [0.3, 0.4) is 0 Å². The van der Waals surface area contributed by atoms with Crippen molar-refractivity contribution in [1.82, 2.24) is 0 Å². The molecule has 0 bridgehead atoms. The van der Waals surface area contributed by atoms with Gasteiger partial charge in [-0.1, -0.05) is 35.2 Å². The predicted molar refractivity (Wildman–Crippen MR) is 77.4 cm³/mol. The van der Waals surface area contributed by atoms with Crippen LogP contribution in [0.15, 0.2) is 10.5 Å². The maximum Gasteiger partial charge on any atom is 0.314 e. The van der Waals surface area contributed by atoms with Crippen LogP contribution in [0.2, 0.25) is 0 Å². The Morgan fingerprint density at radius 2 is 2.00 bits per heavy atom. The summed E-state index contributed by atoms with van der Waals surface area (Å²) in [6, 6.07) is 1.85. The molecule has 0 aromatic heterocycles. The van der Waals surface area contributed by atoms with Gasteiger partial charge in [-0.15, -0.1) is 0 Å². The molecule has 1 heterocycles. The Bertz CT molecular complexity index is 561. The highest BCUT2D eigenvalue weighted by atomic mass is 79.9. The van der Waals surface area contributed by atoms with Gasteiger partial charge < -0.3 is 14.6 Å². The highest BCUT2D eigenvalue weighted by molar-refractivity contribution is 9.10. The number of carbonyl (C=O) groups is 1. The first kappa shape index (κ1) is 13.7. The van der Waals surface area contributed by atoms with Gasteiger partial charge in [-0.2, -0.15) is 0 Å². The summed E-state index contributed by atoms with van der Waals surface area (Å²) in [5, 5.41) is 9.81. The topological polar surface area (TPSA) is 55.8 Å². The number of fused-ring (bicyclic) bond motifs is 1. The van der Waals surface area contributed by atoms with Gasteiger partial charge in [0.05, 0.1) is 5.41 Å². The molecule has 1 aliphatic heterocycles. The summed E-state index contributed by atoms with van der Waals surface area (Å²) in [6.07, 6.45) is 4.37. The fourth-order valence-electron chi connectivity index (χ4n) is 3.29. The Balaban J connectivity index is 2.17. The molecule has 1 aromatic carbocycles. The molecule has 0 saturated heterocycles. The Kier molecular flexibility index (Phi) is 3.40. The van der Waals surface area contributed by atoms with E-state index in [1.807, 2.05) is 13.0 Å². The molecule has 5 heteroatoms. The van der Waals surface area contributed by atoms with Crippen LogP contribution in [-0.4, -0.2) is 17.9 Å². The lowest BCUT2D eigenvalue weighted by molar-refractivity contribution is -0.145. The van der Waals surface area contributed by atoms with Crippen molar-refractivity contribution in [2.24, 2.45) is 0 Å². The number of carboxylic acid groups (broad SMARTS) is 1. The zero-order valence-electron chi connectivity index (χ0n) is 11.4. The Morgan fingerprint density at radius 3 is 2.65 bits per heavy atom. The highest BCUT2D eigenvalue weighted by Crippen LogP contribution is 2.49. The number of hydrogen-bond acceptors (Lipinski definition) is 3. The van der Waals surface area contributed by atoms with Crippen LogP contribution in [0.25, 0.3) is 0 Å². The largest absolute Gasteiger partial charge is 0.481 e. The number of rotatable bonds is 2. The van der Waals surface area contributed by atoms with Crippen LogP contribution in [0.5, 0.6) is 11.5 Å². The van der Waals surface area contributed by atoms with Crippen LogP contribution in [0.4, 0.5) is 0 Å². The third kappa shape index (κ3) is 1.91. The van der Waals surface area contributed by atoms with Crippen molar-refractivity contribution < 1.29 is 19.4 Å². The summed E-state index contributed by atoms with van der Waals surface area (Å²) in [6.45, 7) is 2.13. The molecule has 0 spiro atoms. The molecule has 1 aliphatic carbocycles. The normalized spacial score (nSPS) is 19.9. The maximum atomic E-state index is 11.9. The quantitative estimate of drug-likeness (QED) is 0.890. The molecule has 20 heavy (non-hydrogen) atoms. The molecule has 1 N–H and O–H groups in total. The Labute approximate surface area is 126 Å². The van der Waals surface area contributed by atoms with E-state index in [0.29, 0.717) is 18.6 Å². The van der Waals surface area contributed by atoms with Crippen LogP contribution < -0.4 is 9.47 Å². The second-order valence-electron chi connectivity index (χ2n) is 5.54. The van der Waals surface area contributed by atoms with Gasteiger partial charge in [0, 0.05) is 10.0 Å². The molecule has 0 atom stereocenters. The number of ether oxygens (including phenoxy) is 2. The van der Waals surface area contributed by atoms with E-state index in [1.165, 1.54) is 0 Å². The fraction of sp³-hybridized carbons (Fsp3) is 0.533. The molecule has 1 aromatic rings. The molecular formula is C15H17BrO4.